The average Bonchev–Trinajstić information content (AvgIpc) is 2.58. The van der Waals surface area contributed by atoms with Crippen LogP contribution >= 0.6 is 0 Å². The molecule has 0 saturated heterocycles. The maximum atomic E-state index is 11.5. The van der Waals surface area contributed by atoms with E-state index in [0.717, 1.165) is 24.2 Å². The molecule has 138 valence electrons. The minimum absolute atomic E-state index is 0.290. The number of alkyl carbamates (subject to hydrolysis) is 1. The standard InChI is InChI=1S/C16H29N3O5/c1-4-7-14(23-3)12(2)9-11-24-16(21)18-10-6-5-8-13(17)15(20)19-22/h13H,4-11,17H2,1-3H3,(H,18,21)/b14-12-/t13-/m0/s1. The van der Waals surface area contributed by atoms with Crippen LogP contribution in [0.4, 0.5) is 4.79 Å². The molecule has 3 N–H and O–H groups in total. The number of hydrogen-bond donors (Lipinski definition) is 2. The van der Waals surface area contributed by atoms with Crippen LogP contribution in [-0.2, 0) is 14.3 Å². The smallest absolute Gasteiger partial charge is 0.407 e. The van der Waals surface area contributed by atoms with Crippen LogP contribution in [0.1, 0.15) is 52.4 Å². The normalized spacial score (nSPS) is 12.8. The number of ether oxygens (including phenoxy) is 2. The summed E-state index contributed by atoms with van der Waals surface area (Å²) in [6.45, 7) is 4.75. The van der Waals surface area contributed by atoms with Crippen LogP contribution in [-0.4, -0.2) is 38.3 Å². The van der Waals surface area contributed by atoms with Gasteiger partial charge in [-0.25, -0.2) is 4.79 Å². The Morgan fingerprint density at radius 1 is 1.25 bits per heavy atom. The van der Waals surface area contributed by atoms with Gasteiger partial charge in [0.2, 0.25) is 0 Å². The second kappa shape index (κ2) is 13.5. The van der Waals surface area contributed by atoms with Gasteiger partial charge in [-0.2, -0.15) is 0 Å². The summed E-state index contributed by atoms with van der Waals surface area (Å²) in [4.78, 5) is 32.4. The van der Waals surface area contributed by atoms with Gasteiger partial charge in [0.05, 0.1) is 25.5 Å². The molecule has 0 bridgehead atoms. The molecule has 8 heteroatoms. The fourth-order valence-corrected chi connectivity index (χ4v) is 2.07. The third kappa shape index (κ3) is 9.94. The van der Waals surface area contributed by atoms with E-state index in [1.54, 1.807) is 7.11 Å². The first kappa shape index (κ1) is 22.0. The monoisotopic (exact) mass is 343 g/mol. The molecule has 0 heterocycles. The number of hydrogen-bond acceptors (Lipinski definition) is 6. The van der Waals surface area contributed by atoms with Gasteiger partial charge in [0.15, 0.2) is 0 Å². The van der Waals surface area contributed by atoms with E-state index in [-0.39, 0.29) is 0 Å². The second-order valence-corrected chi connectivity index (χ2v) is 5.50. The number of carbonyl (C=O) groups is 2. The molecule has 1 atom stereocenters. The Bertz CT molecular complexity index is 437. The quantitative estimate of drug-likeness (QED) is 0.319. The molecular weight excluding hydrogens is 314 g/mol. The number of amides is 2. The van der Waals surface area contributed by atoms with Crippen molar-refractivity contribution in [3.8, 4) is 0 Å². The van der Waals surface area contributed by atoms with Crippen molar-refractivity contribution in [3.05, 3.63) is 16.2 Å². The van der Waals surface area contributed by atoms with Gasteiger partial charge in [-0.15, -0.1) is 4.91 Å². The topological polar surface area (TPSA) is 120 Å². The molecule has 0 aromatic carbocycles. The third-order valence-electron chi connectivity index (χ3n) is 3.53. The summed E-state index contributed by atoms with van der Waals surface area (Å²) < 4.78 is 10.4. The number of carbonyl (C=O) groups excluding carboxylic acids is 2. The van der Waals surface area contributed by atoms with Crippen molar-refractivity contribution in [2.24, 2.45) is 10.9 Å². The maximum absolute atomic E-state index is 11.5. The summed E-state index contributed by atoms with van der Waals surface area (Å²) in [5, 5.41) is 4.90. The molecule has 24 heavy (non-hydrogen) atoms. The molecule has 0 aliphatic heterocycles. The molecule has 0 aliphatic carbocycles. The number of nitroso groups, excluding NO2 is 1. The zero-order valence-electron chi connectivity index (χ0n) is 14.8. The Hall–Kier alpha value is -1.96. The van der Waals surface area contributed by atoms with Gasteiger partial charge in [-0.05, 0) is 38.2 Å². The largest absolute Gasteiger partial charge is 0.501 e. The predicted octanol–water partition coefficient (Wildman–Crippen LogP) is 2.61. The Kier molecular flexibility index (Phi) is 12.4. The minimum Gasteiger partial charge on any atom is -0.501 e. The first-order valence-electron chi connectivity index (χ1n) is 8.22. The van der Waals surface area contributed by atoms with Crippen molar-refractivity contribution in [1.82, 2.24) is 5.32 Å². The molecule has 0 unspecified atom stereocenters. The van der Waals surface area contributed by atoms with Crippen LogP contribution in [0.2, 0.25) is 0 Å². The lowest BCUT2D eigenvalue weighted by atomic mass is 10.1. The number of nitrogens with zero attached hydrogens (tertiary/aromatic N) is 1. The van der Waals surface area contributed by atoms with Gasteiger partial charge in [0, 0.05) is 24.6 Å². The fourth-order valence-electron chi connectivity index (χ4n) is 2.07. The van der Waals surface area contributed by atoms with Crippen molar-refractivity contribution >= 4 is 12.0 Å². The van der Waals surface area contributed by atoms with E-state index < -0.39 is 18.0 Å². The van der Waals surface area contributed by atoms with Gasteiger partial charge >= 0.3 is 12.0 Å². The number of nitrogens with two attached hydrogens (primary N) is 1. The number of rotatable bonds is 12. The van der Waals surface area contributed by atoms with Crippen molar-refractivity contribution in [3.63, 3.8) is 0 Å². The lowest BCUT2D eigenvalue weighted by molar-refractivity contribution is -0.119. The fraction of sp³-hybridized carbons (Fsp3) is 0.750. The first-order valence-corrected chi connectivity index (χ1v) is 8.22. The van der Waals surface area contributed by atoms with Crippen LogP contribution in [0.15, 0.2) is 16.5 Å². The summed E-state index contributed by atoms with van der Waals surface area (Å²) in [5.74, 6) is 0.0986. The molecule has 0 aromatic heterocycles. The minimum atomic E-state index is -0.859. The maximum Gasteiger partial charge on any atom is 0.407 e. The Morgan fingerprint density at radius 2 is 1.96 bits per heavy atom. The Morgan fingerprint density at radius 3 is 2.54 bits per heavy atom. The number of allylic oxidation sites excluding steroid dienone is 1. The summed E-state index contributed by atoms with van der Waals surface area (Å²) in [6.07, 6.45) is 3.64. The van der Waals surface area contributed by atoms with Crippen molar-refractivity contribution in [2.75, 3.05) is 20.3 Å². The second-order valence-electron chi connectivity index (χ2n) is 5.50. The van der Waals surface area contributed by atoms with Crippen molar-refractivity contribution in [1.29, 1.82) is 0 Å². The van der Waals surface area contributed by atoms with Gasteiger partial charge in [0.1, 0.15) is 0 Å². The molecule has 0 aliphatic rings. The molecular formula is C16H29N3O5. The van der Waals surface area contributed by atoms with E-state index in [1.165, 1.54) is 0 Å². The molecule has 2 amide bonds. The van der Waals surface area contributed by atoms with Gasteiger partial charge in [-0.3, -0.25) is 4.79 Å². The molecule has 0 fully saturated rings. The lowest BCUT2D eigenvalue weighted by Gasteiger charge is -2.11. The highest BCUT2D eigenvalue weighted by molar-refractivity contribution is 5.81. The van der Waals surface area contributed by atoms with E-state index in [0.29, 0.717) is 38.8 Å². The van der Waals surface area contributed by atoms with Gasteiger partial charge in [-0.1, -0.05) is 6.92 Å². The predicted molar refractivity (Wildman–Crippen MR) is 91.2 cm³/mol. The highest BCUT2D eigenvalue weighted by atomic mass is 16.5. The Balaban J connectivity index is 3.81. The lowest BCUT2D eigenvalue weighted by Crippen LogP contribution is -2.29. The number of nitrogens with one attached hydrogen (secondary N) is 1. The third-order valence-corrected chi connectivity index (χ3v) is 3.53. The summed E-state index contributed by atoms with van der Waals surface area (Å²) in [7, 11) is 1.65. The van der Waals surface area contributed by atoms with Crippen LogP contribution in [0.5, 0.6) is 0 Å². The molecule has 8 nitrogen and oxygen atoms in total. The van der Waals surface area contributed by atoms with E-state index in [2.05, 4.69) is 17.4 Å². The molecule has 0 rings (SSSR count). The van der Waals surface area contributed by atoms with Crippen LogP contribution in [0.25, 0.3) is 0 Å². The zero-order valence-corrected chi connectivity index (χ0v) is 14.8. The number of methoxy groups -OCH3 is 1. The van der Waals surface area contributed by atoms with Gasteiger partial charge in [0.25, 0.3) is 0 Å². The molecule has 0 aromatic rings. The highest BCUT2D eigenvalue weighted by Crippen LogP contribution is 2.14. The SMILES string of the molecule is CCC/C(OC)=C(\C)CCOC(=O)NCCCC[C@H](N)C(=O)N=O. The number of unbranched alkanes of at least 4 members (excludes halogenated alkanes) is 1. The van der Waals surface area contributed by atoms with E-state index >= 15 is 0 Å². The molecule has 0 saturated carbocycles. The van der Waals surface area contributed by atoms with Crippen LogP contribution in [0, 0.1) is 4.91 Å². The van der Waals surface area contributed by atoms with E-state index in [9.17, 15) is 14.5 Å². The van der Waals surface area contributed by atoms with Crippen LogP contribution < -0.4 is 11.1 Å². The Labute approximate surface area is 143 Å². The van der Waals surface area contributed by atoms with Crippen molar-refractivity contribution < 1.29 is 19.1 Å². The van der Waals surface area contributed by atoms with Crippen molar-refractivity contribution in [2.45, 2.75) is 58.4 Å². The highest BCUT2D eigenvalue weighted by Gasteiger charge is 2.13. The van der Waals surface area contributed by atoms with Crippen LogP contribution in [0.3, 0.4) is 0 Å². The summed E-state index contributed by atoms with van der Waals surface area (Å²) in [6, 6.07) is -0.859. The average molecular weight is 343 g/mol. The first-order chi connectivity index (χ1) is 11.5. The van der Waals surface area contributed by atoms with E-state index in [1.807, 2.05) is 6.92 Å². The zero-order chi connectivity index (χ0) is 18.4. The summed E-state index contributed by atoms with van der Waals surface area (Å²) >= 11 is 0. The summed E-state index contributed by atoms with van der Waals surface area (Å²) in [5.41, 5.74) is 6.53. The molecule has 0 spiro atoms. The van der Waals surface area contributed by atoms with Gasteiger partial charge < -0.3 is 20.5 Å². The molecule has 0 radical (unpaired) electrons. The van der Waals surface area contributed by atoms with E-state index in [4.69, 9.17) is 15.2 Å².